The van der Waals surface area contributed by atoms with Gasteiger partial charge in [-0.1, -0.05) is 41.6 Å². The van der Waals surface area contributed by atoms with Gasteiger partial charge in [0.15, 0.2) is 11.5 Å². The highest BCUT2D eigenvalue weighted by molar-refractivity contribution is 6.04. The molecule has 4 rings (SSSR count). The van der Waals surface area contributed by atoms with Gasteiger partial charge in [-0.3, -0.25) is 9.59 Å². The van der Waals surface area contributed by atoms with Gasteiger partial charge in [-0.15, -0.1) is 0 Å². The molecule has 2 aromatic carbocycles. The van der Waals surface area contributed by atoms with Crippen LogP contribution in [-0.2, 0) is 4.79 Å². The van der Waals surface area contributed by atoms with E-state index < -0.39 is 0 Å². The summed E-state index contributed by atoms with van der Waals surface area (Å²) in [5, 5.41) is 6.65. The molecule has 0 aliphatic carbocycles. The van der Waals surface area contributed by atoms with Crippen molar-refractivity contribution in [2.24, 2.45) is 0 Å². The minimum atomic E-state index is -0.360. The summed E-state index contributed by atoms with van der Waals surface area (Å²) in [6.07, 6.45) is 1.43. The number of hydrogen-bond donors (Lipinski definition) is 1. The number of amides is 2. The summed E-state index contributed by atoms with van der Waals surface area (Å²) in [5.41, 5.74) is 2.45. The lowest BCUT2D eigenvalue weighted by atomic mass is 10.1. The summed E-state index contributed by atoms with van der Waals surface area (Å²) >= 11 is 0. The van der Waals surface area contributed by atoms with Gasteiger partial charge in [0, 0.05) is 36.0 Å². The maximum atomic E-state index is 12.4. The second kappa shape index (κ2) is 6.84. The first-order valence-electron chi connectivity index (χ1n) is 8.44. The van der Waals surface area contributed by atoms with E-state index in [1.807, 2.05) is 42.5 Å². The zero-order chi connectivity index (χ0) is 17.9. The topological polar surface area (TPSA) is 75.4 Å². The van der Waals surface area contributed by atoms with Crippen LogP contribution in [0.3, 0.4) is 0 Å². The second-order valence-electron chi connectivity index (χ2n) is 6.10. The molecule has 1 aromatic heterocycles. The molecule has 1 N–H and O–H groups in total. The van der Waals surface area contributed by atoms with Crippen LogP contribution in [-0.4, -0.2) is 23.5 Å². The lowest BCUT2D eigenvalue weighted by Crippen LogP contribution is -2.23. The van der Waals surface area contributed by atoms with Crippen molar-refractivity contribution >= 4 is 23.2 Å². The van der Waals surface area contributed by atoms with Crippen LogP contribution in [0.15, 0.2) is 65.2 Å². The van der Waals surface area contributed by atoms with Gasteiger partial charge in [0.2, 0.25) is 5.91 Å². The zero-order valence-corrected chi connectivity index (χ0v) is 14.0. The predicted molar refractivity (Wildman–Crippen MR) is 97.9 cm³/mol. The van der Waals surface area contributed by atoms with E-state index in [1.54, 1.807) is 23.1 Å². The maximum Gasteiger partial charge on any atom is 0.277 e. The fourth-order valence-electron chi connectivity index (χ4n) is 2.99. The number of carbonyl (C=O) groups is 2. The van der Waals surface area contributed by atoms with Gasteiger partial charge in [0.05, 0.1) is 0 Å². The quantitative estimate of drug-likeness (QED) is 0.780. The molecule has 2 heterocycles. The monoisotopic (exact) mass is 347 g/mol. The molecule has 6 nitrogen and oxygen atoms in total. The summed E-state index contributed by atoms with van der Waals surface area (Å²) < 4.78 is 5.26. The molecule has 2 amide bonds. The van der Waals surface area contributed by atoms with Crippen LogP contribution in [0.1, 0.15) is 23.3 Å². The Balaban J connectivity index is 1.50. The van der Waals surface area contributed by atoms with Crippen LogP contribution < -0.4 is 10.2 Å². The van der Waals surface area contributed by atoms with Gasteiger partial charge < -0.3 is 14.7 Å². The number of anilines is 2. The molecule has 0 bridgehead atoms. The molecular formula is C20H17N3O3. The van der Waals surface area contributed by atoms with Crippen molar-refractivity contribution in [2.75, 3.05) is 16.8 Å². The third kappa shape index (κ3) is 3.21. The van der Waals surface area contributed by atoms with Crippen LogP contribution in [0.5, 0.6) is 0 Å². The highest BCUT2D eigenvalue weighted by atomic mass is 16.5. The van der Waals surface area contributed by atoms with Crippen LogP contribution in [0, 0.1) is 0 Å². The van der Waals surface area contributed by atoms with Crippen molar-refractivity contribution in [3.8, 4) is 11.3 Å². The maximum absolute atomic E-state index is 12.4. The van der Waals surface area contributed by atoms with Crippen molar-refractivity contribution in [3.05, 3.63) is 66.4 Å². The van der Waals surface area contributed by atoms with Gasteiger partial charge in [-0.25, -0.2) is 0 Å². The second-order valence-corrected chi connectivity index (χ2v) is 6.10. The Morgan fingerprint density at radius 1 is 1.08 bits per heavy atom. The third-order valence-corrected chi connectivity index (χ3v) is 4.29. The lowest BCUT2D eigenvalue weighted by molar-refractivity contribution is -0.117. The first-order chi connectivity index (χ1) is 12.7. The highest BCUT2D eigenvalue weighted by Crippen LogP contribution is 2.25. The largest absolute Gasteiger partial charge is 0.355 e. The molecule has 130 valence electrons. The molecule has 0 saturated carbocycles. The van der Waals surface area contributed by atoms with Gasteiger partial charge in [0.25, 0.3) is 5.91 Å². The average molecular weight is 347 g/mol. The minimum Gasteiger partial charge on any atom is -0.355 e. The van der Waals surface area contributed by atoms with E-state index in [1.165, 1.54) is 0 Å². The van der Waals surface area contributed by atoms with E-state index in [2.05, 4.69) is 10.5 Å². The van der Waals surface area contributed by atoms with E-state index in [0.29, 0.717) is 24.4 Å². The lowest BCUT2D eigenvalue weighted by Gasteiger charge is -2.16. The Bertz CT molecular complexity index is 950. The summed E-state index contributed by atoms with van der Waals surface area (Å²) in [5.74, 6) is 0.283. The SMILES string of the molecule is O=C(Nc1cccc(N2CCCC2=O)c1)c1cc(-c2ccccc2)on1. The highest BCUT2D eigenvalue weighted by Gasteiger charge is 2.22. The average Bonchev–Trinajstić information content (AvgIpc) is 3.32. The summed E-state index contributed by atoms with van der Waals surface area (Å²) in [6, 6.07) is 18.3. The molecular weight excluding hydrogens is 330 g/mol. The molecule has 0 unspecified atom stereocenters. The Labute approximate surface area is 150 Å². The minimum absolute atomic E-state index is 0.109. The van der Waals surface area contributed by atoms with Crippen LogP contribution in [0.25, 0.3) is 11.3 Å². The first kappa shape index (κ1) is 16.1. The summed E-state index contributed by atoms with van der Waals surface area (Å²) in [7, 11) is 0. The number of nitrogens with zero attached hydrogens (tertiary/aromatic N) is 2. The Kier molecular flexibility index (Phi) is 4.23. The molecule has 0 radical (unpaired) electrons. The van der Waals surface area contributed by atoms with Crippen LogP contribution in [0.4, 0.5) is 11.4 Å². The zero-order valence-electron chi connectivity index (χ0n) is 14.0. The fourth-order valence-corrected chi connectivity index (χ4v) is 2.99. The Hall–Kier alpha value is -3.41. The van der Waals surface area contributed by atoms with Gasteiger partial charge in [0.1, 0.15) is 0 Å². The Morgan fingerprint density at radius 2 is 1.92 bits per heavy atom. The molecule has 1 aliphatic heterocycles. The van der Waals surface area contributed by atoms with E-state index >= 15 is 0 Å². The van der Waals surface area contributed by atoms with E-state index in [0.717, 1.165) is 17.7 Å². The summed E-state index contributed by atoms with van der Waals surface area (Å²) in [6.45, 7) is 0.708. The smallest absolute Gasteiger partial charge is 0.277 e. The molecule has 1 aliphatic rings. The Morgan fingerprint density at radius 3 is 2.69 bits per heavy atom. The first-order valence-corrected chi connectivity index (χ1v) is 8.44. The molecule has 26 heavy (non-hydrogen) atoms. The van der Waals surface area contributed by atoms with Crippen LogP contribution in [0.2, 0.25) is 0 Å². The van der Waals surface area contributed by atoms with Crippen molar-refractivity contribution in [3.63, 3.8) is 0 Å². The molecule has 1 saturated heterocycles. The molecule has 0 spiro atoms. The van der Waals surface area contributed by atoms with E-state index in [9.17, 15) is 9.59 Å². The third-order valence-electron chi connectivity index (χ3n) is 4.29. The van der Waals surface area contributed by atoms with Gasteiger partial charge >= 0.3 is 0 Å². The molecule has 1 fully saturated rings. The number of carbonyl (C=O) groups excluding carboxylic acids is 2. The number of nitrogens with one attached hydrogen (secondary N) is 1. The van der Waals surface area contributed by atoms with Crippen molar-refractivity contribution in [2.45, 2.75) is 12.8 Å². The van der Waals surface area contributed by atoms with Crippen LogP contribution >= 0.6 is 0 Å². The summed E-state index contributed by atoms with van der Waals surface area (Å²) in [4.78, 5) is 26.1. The number of hydrogen-bond acceptors (Lipinski definition) is 4. The number of aromatic nitrogens is 1. The predicted octanol–water partition coefficient (Wildman–Crippen LogP) is 3.72. The van der Waals surface area contributed by atoms with Gasteiger partial charge in [-0.05, 0) is 24.6 Å². The van der Waals surface area contributed by atoms with Crippen molar-refractivity contribution in [1.29, 1.82) is 0 Å². The van der Waals surface area contributed by atoms with Crippen molar-refractivity contribution in [1.82, 2.24) is 5.16 Å². The fraction of sp³-hybridized carbons (Fsp3) is 0.150. The molecule has 3 aromatic rings. The van der Waals surface area contributed by atoms with Crippen molar-refractivity contribution < 1.29 is 14.1 Å². The molecule has 0 atom stereocenters. The van der Waals surface area contributed by atoms with Gasteiger partial charge in [-0.2, -0.15) is 0 Å². The molecule has 6 heteroatoms. The normalized spacial score (nSPS) is 13.8. The number of rotatable bonds is 4. The van der Waals surface area contributed by atoms with E-state index in [-0.39, 0.29) is 17.5 Å². The standard InChI is InChI=1S/C20H17N3O3/c24-19-10-5-11-23(19)16-9-4-8-15(12-16)21-20(25)17-13-18(26-22-17)14-6-2-1-3-7-14/h1-4,6-9,12-13H,5,10-11H2,(H,21,25). The van der Waals surface area contributed by atoms with E-state index in [4.69, 9.17) is 4.52 Å². The number of benzene rings is 2.